The maximum Gasteiger partial charge on any atom is 0.352 e. The number of nitrogens with zero attached hydrogens (tertiary/aromatic N) is 1. The summed E-state index contributed by atoms with van der Waals surface area (Å²) < 4.78 is 1.47. The lowest BCUT2D eigenvalue weighted by atomic mass is 10.3. The van der Waals surface area contributed by atoms with Gasteiger partial charge in [-0.15, -0.1) is 0 Å². The van der Waals surface area contributed by atoms with Gasteiger partial charge in [-0.1, -0.05) is 18.2 Å². The van der Waals surface area contributed by atoms with E-state index < -0.39 is 5.97 Å². The smallest absolute Gasteiger partial charge is 0.352 e. The number of carbonyl (C=O) groups is 2. The van der Waals surface area contributed by atoms with Gasteiger partial charge in [-0.2, -0.15) is 0 Å². The second-order valence-electron chi connectivity index (χ2n) is 4.17. The summed E-state index contributed by atoms with van der Waals surface area (Å²) in [4.78, 5) is 22.9. The van der Waals surface area contributed by atoms with Crippen LogP contribution in [0.25, 0.3) is 0 Å². The first kappa shape index (κ1) is 12.9. The van der Waals surface area contributed by atoms with Gasteiger partial charge in [0.25, 0.3) is 0 Å². The van der Waals surface area contributed by atoms with Crippen molar-refractivity contribution in [1.82, 2.24) is 4.57 Å². The van der Waals surface area contributed by atoms with Gasteiger partial charge in [0.1, 0.15) is 12.2 Å². The Morgan fingerprint density at radius 3 is 2.47 bits per heavy atom. The molecule has 0 aliphatic rings. The summed E-state index contributed by atoms with van der Waals surface area (Å²) in [6, 6.07) is 12.2. The quantitative estimate of drug-likeness (QED) is 0.882. The van der Waals surface area contributed by atoms with E-state index >= 15 is 0 Å². The lowest BCUT2D eigenvalue weighted by Gasteiger charge is -2.09. The lowest BCUT2D eigenvalue weighted by molar-refractivity contribution is -0.116. The summed E-state index contributed by atoms with van der Waals surface area (Å²) in [5.74, 6) is -1.30. The molecule has 1 aromatic heterocycles. The van der Waals surface area contributed by atoms with Crippen molar-refractivity contribution in [1.29, 1.82) is 0 Å². The average Bonchev–Trinajstić information content (AvgIpc) is 2.72. The van der Waals surface area contributed by atoms with Crippen molar-refractivity contribution >= 4 is 17.6 Å². The van der Waals surface area contributed by atoms with E-state index in [9.17, 15) is 9.59 Å². The van der Waals surface area contributed by atoms with Crippen LogP contribution in [-0.4, -0.2) is 21.6 Å². The molecule has 2 N–H and O–H groups in total. The summed E-state index contributed by atoms with van der Waals surface area (Å²) in [6.45, 7) is 1.75. The first-order chi connectivity index (χ1) is 9.08. The van der Waals surface area contributed by atoms with Crippen LogP contribution >= 0.6 is 0 Å². The Balaban J connectivity index is 2.11. The molecular formula is C14H14N2O3. The largest absolute Gasteiger partial charge is 0.477 e. The number of carboxylic acid groups (broad SMARTS) is 1. The molecule has 0 spiro atoms. The highest BCUT2D eigenvalue weighted by Crippen LogP contribution is 2.10. The van der Waals surface area contributed by atoms with Crippen molar-refractivity contribution in [3.8, 4) is 0 Å². The maximum absolute atomic E-state index is 11.9. The normalized spacial score (nSPS) is 10.2. The van der Waals surface area contributed by atoms with E-state index in [0.717, 1.165) is 5.69 Å². The van der Waals surface area contributed by atoms with Crippen molar-refractivity contribution in [2.45, 2.75) is 13.5 Å². The number of aromatic nitrogens is 1. The molecule has 1 heterocycles. The predicted molar refractivity (Wildman–Crippen MR) is 71.2 cm³/mol. The molecule has 0 radical (unpaired) electrons. The molecule has 0 aliphatic carbocycles. The summed E-state index contributed by atoms with van der Waals surface area (Å²) in [5, 5.41) is 11.7. The van der Waals surface area contributed by atoms with Crippen LogP contribution in [0.3, 0.4) is 0 Å². The van der Waals surface area contributed by atoms with Crippen molar-refractivity contribution in [3.63, 3.8) is 0 Å². The molecule has 2 aromatic rings. The molecule has 1 amide bonds. The van der Waals surface area contributed by atoms with E-state index in [4.69, 9.17) is 5.11 Å². The number of carboxylic acids is 1. The van der Waals surface area contributed by atoms with Gasteiger partial charge < -0.3 is 15.0 Å². The molecule has 5 heteroatoms. The Morgan fingerprint density at radius 2 is 1.84 bits per heavy atom. The molecule has 19 heavy (non-hydrogen) atoms. The second-order valence-corrected chi connectivity index (χ2v) is 4.17. The summed E-state index contributed by atoms with van der Waals surface area (Å²) in [5.41, 5.74) is 1.54. The highest BCUT2D eigenvalue weighted by Gasteiger charge is 2.14. The number of anilines is 1. The van der Waals surface area contributed by atoms with Gasteiger partial charge in [-0.3, -0.25) is 4.79 Å². The van der Waals surface area contributed by atoms with Gasteiger partial charge >= 0.3 is 5.97 Å². The van der Waals surface area contributed by atoms with Gasteiger partial charge in [0.15, 0.2) is 0 Å². The zero-order valence-electron chi connectivity index (χ0n) is 10.5. The van der Waals surface area contributed by atoms with Gasteiger partial charge in [0, 0.05) is 11.4 Å². The number of aromatic carboxylic acids is 1. The molecule has 0 saturated carbocycles. The zero-order valence-corrected chi connectivity index (χ0v) is 10.5. The van der Waals surface area contributed by atoms with Crippen LogP contribution < -0.4 is 5.32 Å². The number of hydrogen-bond donors (Lipinski definition) is 2. The Hall–Kier alpha value is -2.56. The first-order valence-electron chi connectivity index (χ1n) is 5.82. The molecule has 0 unspecified atom stereocenters. The molecule has 0 aliphatic heterocycles. The van der Waals surface area contributed by atoms with Crippen molar-refractivity contribution < 1.29 is 14.7 Å². The third-order valence-corrected chi connectivity index (χ3v) is 2.78. The minimum Gasteiger partial charge on any atom is -0.477 e. The summed E-state index contributed by atoms with van der Waals surface area (Å²) in [7, 11) is 0. The average molecular weight is 258 g/mol. The van der Waals surface area contributed by atoms with Crippen molar-refractivity contribution in [2.24, 2.45) is 0 Å². The topological polar surface area (TPSA) is 71.3 Å². The SMILES string of the molecule is Cc1ccc(C(=O)O)n1CC(=O)Nc1ccccc1. The van der Waals surface area contributed by atoms with Crippen LogP contribution in [0.5, 0.6) is 0 Å². The molecule has 0 fully saturated rings. The van der Waals surface area contributed by atoms with E-state index in [0.29, 0.717) is 5.69 Å². The first-order valence-corrected chi connectivity index (χ1v) is 5.82. The van der Waals surface area contributed by atoms with Crippen LogP contribution in [0.4, 0.5) is 5.69 Å². The van der Waals surface area contributed by atoms with Gasteiger partial charge in [0.05, 0.1) is 0 Å². The number of amides is 1. The number of benzene rings is 1. The molecule has 98 valence electrons. The number of para-hydroxylation sites is 1. The monoisotopic (exact) mass is 258 g/mol. The molecule has 0 bridgehead atoms. The standard InChI is InChI=1S/C14H14N2O3/c1-10-7-8-12(14(18)19)16(10)9-13(17)15-11-5-3-2-4-6-11/h2-8H,9H2,1H3,(H,15,17)(H,18,19). The predicted octanol–water partition coefficient (Wildman–Crippen LogP) is 2.13. The zero-order chi connectivity index (χ0) is 13.8. The minimum atomic E-state index is -1.04. The highest BCUT2D eigenvalue weighted by molar-refractivity contribution is 5.92. The second kappa shape index (κ2) is 5.39. The Bertz CT molecular complexity index is 602. The van der Waals surface area contributed by atoms with Crippen molar-refractivity contribution in [2.75, 3.05) is 5.32 Å². The van der Waals surface area contributed by atoms with Gasteiger partial charge in [-0.05, 0) is 31.2 Å². The number of rotatable bonds is 4. The third kappa shape index (κ3) is 3.01. The maximum atomic E-state index is 11.9. The molecule has 1 aromatic carbocycles. The minimum absolute atomic E-state index is 0.0185. The van der Waals surface area contributed by atoms with Crippen LogP contribution in [-0.2, 0) is 11.3 Å². The molecule has 2 rings (SSSR count). The van der Waals surface area contributed by atoms with E-state index in [1.807, 2.05) is 18.2 Å². The molecule has 0 atom stereocenters. The Labute approximate surface area is 110 Å². The third-order valence-electron chi connectivity index (χ3n) is 2.78. The van der Waals surface area contributed by atoms with E-state index in [2.05, 4.69) is 5.32 Å². The van der Waals surface area contributed by atoms with Gasteiger partial charge in [-0.25, -0.2) is 4.79 Å². The lowest BCUT2D eigenvalue weighted by Crippen LogP contribution is -2.22. The van der Waals surface area contributed by atoms with Crippen LogP contribution in [0.2, 0.25) is 0 Å². The number of aryl methyl sites for hydroxylation is 1. The Kier molecular flexibility index (Phi) is 3.66. The van der Waals surface area contributed by atoms with Crippen molar-refractivity contribution in [3.05, 3.63) is 53.9 Å². The number of hydrogen-bond acceptors (Lipinski definition) is 2. The number of carbonyl (C=O) groups excluding carboxylic acids is 1. The van der Waals surface area contributed by atoms with E-state index in [-0.39, 0.29) is 18.1 Å². The molecule has 0 saturated heterocycles. The van der Waals surface area contributed by atoms with Gasteiger partial charge in [0.2, 0.25) is 5.91 Å². The summed E-state index contributed by atoms with van der Waals surface area (Å²) >= 11 is 0. The number of nitrogens with one attached hydrogen (secondary N) is 1. The van der Waals surface area contributed by atoms with Crippen LogP contribution in [0.1, 0.15) is 16.2 Å². The van der Waals surface area contributed by atoms with Crippen LogP contribution in [0, 0.1) is 6.92 Å². The van der Waals surface area contributed by atoms with E-state index in [1.54, 1.807) is 25.1 Å². The highest BCUT2D eigenvalue weighted by atomic mass is 16.4. The fourth-order valence-corrected chi connectivity index (χ4v) is 1.83. The van der Waals surface area contributed by atoms with Crippen LogP contribution in [0.15, 0.2) is 42.5 Å². The fourth-order valence-electron chi connectivity index (χ4n) is 1.83. The fraction of sp³-hybridized carbons (Fsp3) is 0.143. The van der Waals surface area contributed by atoms with E-state index in [1.165, 1.54) is 10.6 Å². The summed E-state index contributed by atoms with van der Waals surface area (Å²) in [6.07, 6.45) is 0. The molecule has 5 nitrogen and oxygen atoms in total. The molecular weight excluding hydrogens is 244 g/mol. The Morgan fingerprint density at radius 1 is 1.16 bits per heavy atom.